The molecule has 0 radical (unpaired) electrons. The van der Waals surface area contributed by atoms with Gasteiger partial charge in [0.15, 0.2) is 0 Å². The molecule has 1 aliphatic carbocycles. The third-order valence-electron chi connectivity index (χ3n) is 5.53. The summed E-state index contributed by atoms with van der Waals surface area (Å²) in [5.74, 6) is 1.61. The second-order valence-electron chi connectivity index (χ2n) is 7.19. The molecule has 4 rings (SSSR count). The molecule has 0 amide bonds. The van der Waals surface area contributed by atoms with Gasteiger partial charge in [0.25, 0.3) is 0 Å². The van der Waals surface area contributed by atoms with E-state index in [-0.39, 0.29) is 5.41 Å². The molecule has 22 heavy (non-hydrogen) atoms. The maximum absolute atomic E-state index is 5.85. The molecule has 3 heterocycles. The molecule has 3 aliphatic rings. The van der Waals surface area contributed by atoms with E-state index in [9.17, 15) is 0 Å². The van der Waals surface area contributed by atoms with E-state index in [1.54, 1.807) is 0 Å². The first kappa shape index (κ1) is 14.3. The molecular formula is C17H25N3O2. The number of aromatic nitrogens is 1. The second-order valence-corrected chi connectivity index (χ2v) is 7.19. The summed E-state index contributed by atoms with van der Waals surface area (Å²) in [6, 6.07) is 4.72. The number of fused-ring (bicyclic) bond motifs is 1. The molecule has 1 aromatic heterocycles. The van der Waals surface area contributed by atoms with Gasteiger partial charge in [-0.15, -0.1) is 0 Å². The van der Waals surface area contributed by atoms with Gasteiger partial charge in [-0.3, -0.25) is 0 Å². The Balaban J connectivity index is 1.43. The van der Waals surface area contributed by atoms with Gasteiger partial charge in [0.2, 0.25) is 0 Å². The van der Waals surface area contributed by atoms with Crippen molar-refractivity contribution in [3.8, 4) is 0 Å². The first-order valence-corrected chi connectivity index (χ1v) is 8.33. The summed E-state index contributed by atoms with van der Waals surface area (Å²) in [5, 5.41) is 3.64. The van der Waals surface area contributed by atoms with Gasteiger partial charge in [-0.2, -0.15) is 0 Å². The lowest BCUT2D eigenvalue weighted by atomic mass is 9.57. The van der Waals surface area contributed by atoms with E-state index in [1.165, 1.54) is 5.69 Å². The van der Waals surface area contributed by atoms with Crippen LogP contribution in [0.5, 0.6) is 0 Å². The van der Waals surface area contributed by atoms with Crippen LogP contribution in [-0.2, 0) is 9.47 Å². The number of nitrogens with one attached hydrogen (secondary N) is 1. The van der Waals surface area contributed by atoms with Gasteiger partial charge in [0.1, 0.15) is 5.82 Å². The van der Waals surface area contributed by atoms with Crippen LogP contribution in [0.2, 0.25) is 0 Å². The van der Waals surface area contributed by atoms with Crippen LogP contribution >= 0.6 is 0 Å². The fourth-order valence-corrected chi connectivity index (χ4v) is 4.26. The van der Waals surface area contributed by atoms with Crippen molar-refractivity contribution in [1.82, 2.24) is 4.98 Å². The fourth-order valence-electron chi connectivity index (χ4n) is 4.26. The minimum Gasteiger partial charge on any atom is -0.378 e. The van der Waals surface area contributed by atoms with Crippen LogP contribution in [0.1, 0.15) is 20.3 Å². The Labute approximate surface area is 132 Å². The first-order chi connectivity index (χ1) is 10.7. The monoisotopic (exact) mass is 303 g/mol. The van der Waals surface area contributed by atoms with Crippen LogP contribution in [0.4, 0.5) is 11.5 Å². The highest BCUT2D eigenvalue weighted by molar-refractivity contribution is 5.50. The molecular weight excluding hydrogens is 278 g/mol. The van der Waals surface area contributed by atoms with Crippen LogP contribution < -0.4 is 10.2 Å². The van der Waals surface area contributed by atoms with Crippen molar-refractivity contribution in [3.63, 3.8) is 0 Å². The lowest BCUT2D eigenvalue weighted by molar-refractivity contribution is -0.0924. The minimum atomic E-state index is 0.186. The maximum atomic E-state index is 5.85. The average molecular weight is 303 g/mol. The van der Waals surface area contributed by atoms with E-state index in [2.05, 4.69) is 41.2 Å². The van der Waals surface area contributed by atoms with E-state index < -0.39 is 0 Å². The Hall–Kier alpha value is -1.33. The number of anilines is 2. The van der Waals surface area contributed by atoms with Gasteiger partial charge >= 0.3 is 0 Å². The van der Waals surface area contributed by atoms with Crippen LogP contribution in [0, 0.1) is 11.3 Å². The molecule has 120 valence electrons. The highest BCUT2D eigenvalue weighted by Gasteiger charge is 2.59. The Morgan fingerprint density at radius 1 is 1.23 bits per heavy atom. The predicted octanol–water partition coefficient (Wildman–Crippen LogP) is 2.14. The summed E-state index contributed by atoms with van der Waals surface area (Å²) in [7, 11) is 0. The molecule has 5 heteroatoms. The highest BCUT2D eigenvalue weighted by Crippen LogP contribution is 2.53. The molecule has 0 bridgehead atoms. The molecule has 2 saturated heterocycles. The van der Waals surface area contributed by atoms with E-state index in [4.69, 9.17) is 9.47 Å². The SMILES string of the molecule is CC1(C)C(Nc2ccc(N3CCOCC3)cn2)[C@@H]2CCO[C@@H]21. The van der Waals surface area contributed by atoms with Crippen molar-refractivity contribution < 1.29 is 9.47 Å². The normalized spacial score (nSPS) is 33.2. The lowest BCUT2D eigenvalue weighted by Crippen LogP contribution is -2.63. The summed E-state index contributed by atoms with van der Waals surface area (Å²) in [6.45, 7) is 8.99. The van der Waals surface area contributed by atoms with Crippen LogP contribution in [0.25, 0.3) is 0 Å². The quantitative estimate of drug-likeness (QED) is 0.927. The molecule has 1 unspecified atom stereocenters. The van der Waals surface area contributed by atoms with Gasteiger partial charge in [-0.05, 0) is 18.6 Å². The van der Waals surface area contributed by atoms with E-state index in [1.807, 2.05) is 6.20 Å². The molecule has 1 aromatic rings. The summed E-state index contributed by atoms with van der Waals surface area (Å²) in [6.07, 6.45) is 3.55. The van der Waals surface area contributed by atoms with Crippen molar-refractivity contribution >= 4 is 11.5 Å². The first-order valence-electron chi connectivity index (χ1n) is 8.33. The van der Waals surface area contributed by atoms with Crippen molar-refractivity contribution in [2.45, 2.75) is 32.4 Å². The Morgan fingerprint density at radius 2 is 2.05 bits per heavy atom. The van der Waals surface area contributed by atoms with Gasteiger partial charge in [0.05, 0.1) is 31.2 Å². The molecule has 0 aromatic carbocycles. The number of pyridine rings is 1. The van der Waals surface area contributed by atoms with E-state index >= 15 is 0 Å². The number of ether oxygens (including phenoxy) is 2. The van der Waals surface area contributed by atoms with Gasteiger partial charge in [0, 0.05) is 37.1 Å². The molecule has 3 fully saturated rings. The number of rotatable bonds is 3. The minimum absolute atomic E-state index is 0.186. The largest absolute Gasteiger partial charge is 0.378 e. The molecule has 1 N–H and O–H groups in total. The van der Waals surface area contributed by atoms with Gasteiger partial charge in [-0.25, -0.2) is 4.98 Å². The summed E-state index contributed by atoms with van der Waals surface area (Å²) in [4.78, 5) is 6.95. The Morgan fingerprint density at radius 3 is 2.77 bits per heavy atom. The number of hydrogen-bond donors (Lipinski definition) is 1. The zero-order valence-electron chi connectivity index (χ0n) is 13.4. The fraction of sp³-hybridized carbons (Fsp3) is 0.706. The maximum Gasteiger partial charge on any atom is 0.126 e. The molecule has 3 atom stereocenters. The molecule has 2 aliphatic heterocycles. The van der Waals surface area contributed by atoms with Gasteiger partial charge < -0.3 is 19.7 Å². The van der Waals surface area contributed by atoms with Gasteiger partial charge in [-0.1, -0.05) is 13.8 Å². The van der Waals surface area contributed by atoms with E-state index in [0.29, 0.717) is 18.1 Å². The highest BCUT2D eigenvalue weighted by atomic mass is 16.5. The zero-order chi connectivity index (χ0) is 15.2. The summed E-state index contributed by atoms with van der Waals surface area (Å²) >= 11 is 0. The predicted molar refractivity (Wildman–Crippen MR) is 86.3 cm³/mol. The van der Waals surface area contributed by atoms with Crippen LogP contribution in [-0.4, -0.2) is 50.0 Å². The van der Waals surface area contributed by atoms with Crippen molar-refractivity contribution in [1.29, 1.82) is 0 Å². The molecule has 0 spiro atoms. The molecule has 1 saturated carbocycles. The van der Waals surface area contributed by atoms with E-state index in [0.717, 1.165) is 45.1 Å². The van der Waals surface area contributed by atoms with Crippen LogP contribution in [0.15, 0.2) is 18.3 Å². The Bertz CT molecular complexity index is 525. The second kappa shape index (κ2) is 5.39. The number of morpholine rings is 1. The van der Waals surface area contributed by atoms with Crippen molar-refractivity contribution in [2.75, 3.05) is 43.1 Å². The van der Waals surface area contributed by atoms with Crippen LogP contribution in [0.3, 0.4) is 0 Å². The third-order valence-corrected chi connectivity index (χ3v) is 5.53. The zero-order valence-corrected chi connectivity index (χ0v) is 13.4. The third kappa shape index (κ3) is 2.27. The summed E-state index contributed by atoms with van der Waals surface area (Å²) in [5.41, 5.74) is 1.37. The standard InChI is InChI=1S/C17H25N3O2/c1-17(2)15(13-5-8-22-16(13)17)19-14-4-3-12(11-18-14)20-6-9-21-10-7-20/h3-4,11,13,15-16H,5-10H2,1-2H3,(H,18,19)/t13-,15?,16-/m0/s1. The number of hydrogen-bond acceptors (Lipinski definition) is 5. The smallest absolute Gasteiger partial charge is 0.126 e. The van der Waals surface area contributed by atoms with Crippen molar-refractivity contribution in [2.24, 2.45) is 11.3 Å². The topological polar surface area (TPSA) is 46.6 Å². The average Bonchev–Trinajstić information content (AvgIpc) is 3.01. The Kier molecular flexibility index (Phi) is 3.50. The molecule has 5 nitrogen and oxygen atoms in total. The van der Waals surface area contributed by atoms with Crippen molar-refractivity contribution in [3.05, 3.63) is 18.3 Å². The lowest BCUT2D eigenvalue weighted by Gasteiger charge is -2.54. The number of nitrogens with zero attached hydrogens (tertiary/aromatic N) is 2. The summed E-state index contributed by atoms with van der Waals surface area (Å²) < 4.78 is 11.3.